The number of carbonyl (C=O) groups is 1. The quantitative estimate of drug-likeness (QED) is 0.865. The van der Waals surface area contributed by atoms with Crippen molar-refractivity contribution in [1.29, 1.82) is 0 Å². The Morgan fingerprint density at radius 2 is 2.17 bits per heavy atom. The topological polar surface area (TPSA) is 60.0 Å². The highest BCUT2D eigenvalue weighted by Crippen LogP contribution is 2.58. The maximum Gasteiger partial charge on any atom is 0.269 e. The van der Waals surface area contributed by atoms with E-state index >= 15 is 0 Å². The fourth-order valence-electron chi connectivity index (χ4n) is 4.47. The van der Waals surface area contributed by atoms with Crippen molar-refractivity contribution in [2.24, 2.45) is 24.1 Å². The van der Waals surface area contributed by atoms with Gasteiger partial charge in [0.15, 0.2) is 0 Å². The van der Waals surface area contributed by atoms with Crippen LogP contribution in [-0.4, -0.2) is 23.1 Å². The van der Waals surface area contributed by atoms with Crippen LogP contribution in [0.5, 0.6) is 0 Å². The molecule has 23 heavy (non-hydrogen) atoms. The molecule has 1 aromatic heterocycles. The molecule has 1 heterocycles. The van der Waals surface area contributed by atoms with E-state index in [0.717, 1.165) is 28.3 Å². The van der Waals surface area contributed by atoms with Gasteiger partial charge in [0.25, 0.3) is 5.91 Å². The molecule has 4 rings (SSSR count). The molecule has 0 aliphatic heterocycles. The number of hydrogen-bond donors (Lipinski definition) is 2. The number of carbonyl (C=O) groups excluding carboxylic acids is 1. The number of benzene rings is 1. The number of fused-ring (bicyclic) bond motifs is 1. The summed E-state index contributed by atoms with van der Waals surface area (Å²) in [6.45, 7) is 0.737. The van der Waals surface area contributed by atoms with Crippen molar-refractivity contribution >= 4 is 32.7 Å². The first-order valence-corrected chi connectivity index (χ1v) is 9.10. The van der Waals surface area contributed by atoms with Crippen LogP contribution in [0.4, 0.5) is 0 Å². The number of hydrogen-bond acceptors (Lipinski definition) is 2. The number of aryl methyl sites for hydroxylation is 1. The van der Waals surface area contributed by atoms with Gasteiger partial charge in [-0.2, -0.15) is 0 Å². The van der Waals surface area contributed by atoms with Crippen LogP contribution in [0.1, 0.15) is 36.2 Å². The van der Waals surface area contributed by atoms with Gasteiger partial charge in [-0.1, -0.05) is 24.6 Å². The molecule has 1 aromatic carbocycles. The van der Waals surface area contributed by atoms with E-state index in [1.54, 1.807) is 0 Å². The molecule has 0 saturated heterocycles. The third kappa shape index (κ3) is 2.09. The molecule has 2 aromatic rings. The van der Waals surface area contributed by atoms with E-state index in [1.165, 1.54) is 19.3 Å². The molecule has 0 bridgehead atoms. The maximum atomic E-state index is 12.7. The van der Waals surface area contributed by atoms with E-state index in [4.69, 9.17) is 5.73 Å². The summed E-state index contributed by atoms with van der Waals surface area (Å²) in [6, 6.07) is 8.38. The average Bonchev–Trinajstić information content (AvgIpc) is 2.73. The van der Waals surface area contributed by atoms with Gasteiger partial charge >= 0.3 is 0 Å². The van der Waals surface area contributed by atoms with Gasteiger partial charge in [-0.25, -0.2) is 0 Å². The zero-order valence-electron chi connectivity index (χ0n) is 13.3. The second-order valence-electron chi connectivity index (χ2n) is 7.07. The van der Waals surface area contributed by atoms with E-state index in [1.807, 2.05) is 35.9 Å². The van der Waals surface area contributed by atoms with Crippen LogP contribution < -0.4 is 11.1 Å². The van der Waals surface area contributed by atoms with Crippen molar-refractivity contribution in [3.63, 3.8) is 0 Å². The molecule has 1 amide bonds. The van der Waals surface area contributed by atoms with Gasteiger partial charge in [-0.15, -0.1) is 0 Å². The first-order chi connectivity index (χ1) is 11.0. The van der Waals surface area contributed by atoms with E-state index in [9.17, 15) is 4.79 Å². The number of nitrogens with one attached hydrogen (secondary N) is 1. The third-order valence-corrected chi connectivity index (χ3v) is 6.95. The van der Waals surface area contributed by atoms with Crippen LogP contribution >= 0.6 is 15.9 Å². The smallest absolute Gasteiger partial charge is 0.269 e. The second-order valence-corrected chi connectivity index (χ2v) is 7.87. The summed E-state index contributed by atoms with van der Waals surface area (Å²) in [4.78, 5) is 12.7. The van der Waals surface area contributed by atoms with Crippen LogP contribution in [0.25, 0.3) is 10.9 Å². The summed E-state index contributed by atoms with van der Waals surface area (Å²) in [5.74, 6) is 0.536. The molecule has 2 aliphatic carbocycles. The summed E-state index contributed by atoms with van der Waals surface area (Å²) in [7, 11) is 1.94. The third-order valence-electron chi connectivity index (χ3n) is 6.14. The van der Waals surface area contributed by atoms with Crippen LogP contribution in [0.3, 0.4) is 0 Å². The monoisotopic (exact) mass is 375 g/mol. The first-order valence-electron chi connectivity index (χ1n) is 8.31. The normalized spacial score (nSPS) is 25.2. The predicted octanol–water partition coefficient (Wildman–Crippen LogP) is 3.19. The molecule has 2 aliphatic rings. The minimum atomic E-state index is -0.00878. The Hall–Kier alpha value is -1.33. The van der Waals surface area contributed by atoms with Gasteiger partial charge in [0.05, 0.1) is 4.47 Å². The molecule has 1 spiro atoms. The minimum Gasteiger partial charge on any atom is -0.350 e. The van der Waals surface area contributed by atoms with Gasteiger partial charge in [0.1, 0.15) is 5.69 Å². The lowest BCUT2D eigenvalue weighted by molar-refractivity contribution is -0.0705. The van der Waals surface area contributed by atoms with Crippen molar-refractivity contribution in [2.75, 3.05) is 6.54 Å². The van der Waals surface area contributed by atoms with Gasteiger partial charge < -0.3 is 15.6 Å². The lowest BCUT2D eigenvalue weighted by Crippen LogP contribution is -2.63. The van der Waals surface area contributed by atoms with Crippen molar-refractivity contribution in [2.45, 2.75) is 31.7 Å². The fourth-order valence-corrected chi connectivity index (χ4v) is 5.25. The lowest BCUT2D eigenvalue weighted by atomic mass is 9.47. The van der Waals surface area contributed by atoms with Crippen LogP contribution in [0, 0.1) is 11.3 Å². The maximum absolute atomic E-state index is 12.7. The van der Waals surface area contributed by atoms with Crippen LogP contribution in [0.15, 0.2) is 28.7 Å². The van der Waals surface area contributed by atoms with Crippen molar-refractivity contribution in [3.05, 3.63) is 34.4 Å². The Bertz CT molecular complexity index is 739. The molecule has 2 saturated carbocycles. The predicted molar refractivity (Wildman–Crippen MR) is 95.3 cm³/mol. The number of halogens is 1. The summed E-state index contributed by atoms with van der Waals surface area (Å²) in [5, 5.41) is 4.21. The SMILES string of the molecule is Cn1c(C(=O)NCC2CC(N)C23CCC3)c(Br)c2ccccc21. The molecule has 5 heteroatoms. The van der Waals surface area contributed by atoms with Gasteiger partial charge in [0, 0.05) is 30.5 Å². The Morgan fingerprint density at radius 1 is 1.43 bits per heavy atom. The molecule has 4 nitrogen and oxygen atoms in total. The fraction of sp³-hybridized carbons (Fsp3) is 0.500. The lowest BCUT2D eigenvalue weighted by Gasteiger charge is -2.60. The van der Waals surface area contributed by atoms with Gasteiger partial charge in [0.2, 0.25) is 0 Å². The number of amides is 1. The zero-order valence-corrected chi connectivity index (χ0v) is 14.9. The zero-order chi connectivity index (χ0) is 16.2. The Kier molecular flexibility index (Phi) is 3.54. The average molecular weight is 376 g/mol. The minimum absolute atomic E-state index is 0.00878. The molecule has 3 N–H and O–H groups in total. The standard InChI is InChI=1S/C18H22BrN3O/c1-22-13-6-3-2-5-12(13)15(19)16(22)17(23)21-10-11-9-14(20)18(11)7-4-8-18/h2-3,5-6,11,14H,4,7-10,20H2,1H3,(H,21,23). The number of aromatic nitrogens is 1. The highest BCUT2D eigenvalue weighted by molar-refractivity contribution is 9.10. The van der Waals surface area contributed by atoms with Crippen LogP contribution in [-0.2, 0) is 7.05 Å². The van der Waals surface area contributed by atoms with Crippen molar-refractivity contribution < 1.29 is 4.79 Å². The second kappa shape index (κ2) is 5.35. The highest BCUT2D eigenvalue weighted by Gasteiger charge is 2.56. The summed E-state index contributed by atoms with van der Waals surface area (Å²) in [6.07, 6.45) is 4.78. The number of nitrogens with two attached hydrogens (primary N) is 1. The number of nitrogens with zero attached hydrogens (tertiary/aromatic N) is 1. The largest absolute Gasteiger partial charge is 0.350 e. The molecule has 2 atom stereocenters. The van der Waals surface area contributed by atoms with E-state index < -0.39 is 0 Å². The van der Waals surface area contributed by atoms with E-state index in [0.29, 0.717) is 23.1 Å². The molecular weight excluding hydrogens is 354 g/mol. The summed E-state index contributed by atoms with van der Waals surface area (Å²) >= 11 is 3.60. The number of para-hydroxylation sites is 1. The summed E-state index contributed by atoms with van der Waals surface area (Å²) in [5.41, 5.74) is 8.28. The Balaban J connectivity index is 1.52. The summed E-state index contributed by atoms with van der Waals surface area (Å²) < 4.78 is 2.83. The highest BCUT2D eigenvalue weighted by atomic mass is 79.9. The molecule has 2 fully saturated rings. The van der Waals surface area contributed by atoms with E-state index in [-0.39, 0.29) is 5.91 Å². The van der Waals surface area contributed by atoms with Crippen LogP contribution in [0.2, 0.25) is 0 Å². The van der Waals surface area contributed by atoms with Gasteiger partial charge in [-0.3, -0.25) is 4.79 Å². The Morgan fingerprint density at radius 3 is 2.78 bits per heavy atom. The molecule has 122 valence electrons. The first kappa shape index (κ1) is 15.2. The molecule has 2 unspecified atom stereocenters. The molecular formula is C18H22BrN3O. The van der Waals surface area contributed by atoms with Crippen molar-refractivity contribution in [1.82, 2.24) is 9.88 Å². The van der Waals surface area contributed by atoms with Crippen molar-refractivity contribution in [3.8, 4) is 0 Å². The number of rotatable bonds is 3. The molecule has 0 radical (unpaired) electrons. The Labute approximate surface area is 144 Å². The van der Waals surface area contributed by atoms with Gasteiger partial charge in [-0.05, 0) is 52.6 Å². The van der Waals surface area contributed by atoms with E-state index in [2.05, 4.69) is 21.2 Å².